The highest BCUT2D eigenvalue weighted by molar-refractivity contribution is 6.17. The molecule has 13 heavy (non-hydrogen) atoms. The molecule has 0 heterocycles. The normalized spacial score (nSPS) is 33.9. The van der Waals surface area contributed by atoms with Gasteiger partial charge in [0.05, 0.1) is 5.41 Å². The fourth-order valence-corrected chi connectivity index (χ4v) is 2.49. The van der Waals surface area contributed by atoms with Crippen molar-refractivity contribution in [3.63, 3.8) is 0 Å². The third-order valence-electron chi connectivity index (χ3n) is 3.17. The van der Waals surface area contributed by atoms with Gasteiger partial charge in [0.15, 0.2) is 0 Å². The van der Waals surface area contributed by atoms with Crippen molar-refractivity contribution in [2.24, 2.45) is 17.3 Å². The molecule has 0 aromatic heterocycles. The summed E-state index contributed by atoms with van der Waals surface area (Å²) in [7, 11) is 0. The average molecular weight is 215 g/mol. The number of hydrogen-bond acceptors (Lipinski definition) is 0. The predicted octanol–water partition coefficient (Wildman–Crippen LogP) is 3.84. The monoisotopic (exact) mass is 214 g/mol. The van der Waals surface area contributed by atoms with E-state index in [2.05, 4.69) is 0 Å². The molecule has 1 aliphatic rings. The molecule has 0 nitrogen and oxygen atoms in total. The molecule has 4 heteroatoms. The van der Waals surface area contributed by atoms with Crippen molar-refractivity contribution in [1.82, 2.24) is 0 Å². The summed E-state index contributed by atoms with van der Waals surface area (Å²) in [5.41, 5.74) is -1.43. The van der Waals surface area contributed by atoms with Crippen LogP contribution in [0.25, 0.3) is 0 Å². The van der Waals surface area contributed by atoms with E-state index in [0.717, 1.165) is 0 Å². The van der Waals surface area contributed by atoms with Gasteiger partial charge in [-0.15, -0.1) is 11.6 Å². The van der Waals surface area contributed by atoms with Crippen LogP contribution in [-0.4, -0.2) is 12.1 Å². The van der Waals surface area contributed by atoms with Gasteiger partial charge >= 0.3 is 6.18 Å². The summed E-state index contributed by atoms with van der Waals surface area (Å²) < 4.78 is 38.0. The van der Waals surface area contributed by atoms with E-state index in [0.29, 0.717) is 12.3 Å². The van der Waals surface area contributed by atoms with Crippen LogP contribution in [0.4, 0.5) is 13.2 Å². The Morgan fingerprint density at radius 2 is 2.00 bits per heavy atom. The van der Waals surface area contributed by atoms with Gasteiger partial charge in [-0.1, -0.05) is 13.8 Å². The second-order valence-electron chi connectivity index (χ2n) is 4.07. The van der Waals surface area contributed by atoms with Crippen LogP contribution >= 0.6 is 11.6 Å². The lowest BCUT2D eigenvalue weighted by Gasteiger charge is -2.24. The highest BCUT2D eigenvalue weighted by Gasteiger charge is 2.70. The molecule has 1 rings (SSSR count). The van der Waals surface area contributed by atoms with Crippen molar-refractivity contribution < 1.29 is 13.2 Å². The molecule has 1 aliphatic carbocycles. The van der Waals surface area contributed by atoms with Crippen LogP contribution in [0.3, 0.4) is 0 Å². The Balaban J connectivity index is 2.72. The third-order valence-corrected chi connectivity index (χ3v) is 3.39. The first-order valence-electron chi connectivity index (χ1n) is 4.49. The van der Waals surface area contributed by atoms with Gasteiger partial charge in [-0.25, -0.2) is 0 Å². The van der Waals surface area contributed by atoms with E-state index < -0.39 is 11.6 Å². The first-order chi connectivity index (χ1) is 5.86. The van der Waals surface area contributed by atoms with Crippen molar-refractivity contribution in [2.45, 2.75) is 32.9 Å². The number of hydrogen-bond donors (Lipinski definition) is 0. The van der Waals surface area contributed by atoms with E-state index in [-0.39, 0.29) is 18.3 Å². The fourth-order valence-electron chi connectivity index (χ4n) is 2.22. The van der Waals surface area contributed by atoms with Crippen molar-refractivity contribution in [3.8, 4) is 0 Å². The lowest BCUT2D eigenvalue weighted by Crippen LogP contribution is -2.31. The van der Waals surface area contributed by atoms with Gasteiger partial charge in [-0.2, -0.15) is 13.2 Å². The molecule has 78 valence electrons. The Morgan fingerprint density at radius 3 is 2.23 bits per heavy atom. The smallest absolute Gasteiger partial charge is 0.170 e. The topological polar surface area (TPSA) is 0 Å². The molecule has 2 unspecified atom stereocenters. The largest absolute Gasteiger partial charge is 0.395 e. The maximum atomic E-state index is 12.7. The molecule has 0 amide bonds. The lowest BCUT2D eigenvalue weighted by molar-refractivity contribution is -0.204. The van der Waals surface area contributed by atoms with Gasteiger partial charge in [0.2, 0.25) is 0 Å². The minimum atomic E-state index is -4.06. The summed E-state index contributed by atoms with van der Waals surface area (Å²) in [4.78, 5) is 0. The second kappa shape index (κ2) is 3.34. The highest BCUT2D eigenvalue weighted by Crippen LogP contribution is 2.67. The number of halogens is 4. The van der Waals surface area contributed by atoms with Crippen LogP contribution in [0.5, 0.6) is 0 Å². The highest BCUT2D eigenvalue weighted by atomic mass is 35.5. The Morgan fingerprint density at radius 1 is 1.46 bits per heavy atom. The minimum Gasteiger partial charge on any atom is -0.170 e. The van der Waals surface area contributed by atoms with Crippen LogP contribution in [0.15, 0.2) is 0 Å². The molecule has 2 atom stereocenters. The number of rotatable bonds is 3. The van der Waals surface area contributed by atoms with Crippen molar-refractivity contribution >= 4 is 11.6 Å². The molecule has 1 fully saturated rings. The Kier molecular flexibility index (Phi) is 2.86. The maximum absolute atomic E-state index is 12.7. The van der Waals surface area contributed by atoms with E-state index in [4.69, 9.17) is 11.6 Å². The van der Waals surface area contributed by atoms with Gasteiger partial charge in [0.25, 0.3) is 0 Å². The summed E-state index contributed by atoms with van der Waals surface area (Å²) in [6.07, 6.45) is -3.31. The zero-order valence-corrected chi connectivity index (χ0v) is 8.54. The molecule has 0 aromatic rings. The van der Waals surface area contributed by atoms with Crippen LogP contribution in [-0.2, 0) is 0 Å². The quantitative estimate of drug-likeness (QED) is 0.627. The van der Waals surface area contributed by atoms with E-state index in [1.165, 1.54) is 0 Å². The van der Waals surface area contributed by atoms with Gasteiger partial charge in [0, 0.05) is 5.88 Å². The molecule has 0 bridgehead atoms. The third kappa shape index (κ3) is 1.67. The number of alkyl halides is 4. The maximum Gasteiger partial charge on any atom is 0.395 e. The molecular weight excluding hydrogens is 201 g/mol. The second-order valence-corrected chi connectivity index (χ2v) is 4.45. The van der Waals surface area contributed by atoms with Crippen molar-refractivity contribution in [3.05, 3.63) is 0 Å². The van der Waals surface area contributed by atoms with Crippen LogP contribution in [0.1, 0.15) is 26.7 Å². The molecular formula is C9H14ClF3. The van der Waals surface area contributed by atoms with Gasteiger partial charge in [0.1, 0.15) is 0 Å². The molecule has 0 spiro atoms. The van der Waals surface area contributed by atoms with Gasteiger partial charge in [-0.3, -0.25) is 0 Å². The zero-order valence-electron chi connectivity index (χ0n) is 7.79. The first kappa shape index (κ1) is 11.2. The Labute approximate surface area is 81.5 Å². The van der Waals surface area contributed by atoms with Crippen LogP contribution in [0, 0.1) is 17.3 Å². The van der Waals surface area contributed by atoms with E-state index >= 15 is 0 Å². The minimum absolute atomic E-state index is 0.245. The lowest BCUT2D eigenvalue weighted by atomic mass is 9.88. The van der Waals surface area contributed by atoms with Gasteiger partial charge < -0.3 is 0 Å². The zero-order chi connectivity index (χ0) is 10.3. The molecule has 0 aromatic carbocycles. The molecule has 0 N–H and O–H groups in total. The first-order valence-corrected chi connectivity index (χ1v) is 5.02. The summed E-state index contributed by atoms with van der Waals surface area (Å²) in [5.74, 6) is -0.249. The van der Waals surface area contributed by atoms with Crippen molar-refractivity contribution in [2.75, 3.05) is 5.88 Å². The molecule has 0 radical (unpaired) electrons. The fraction of sp³-hybridized carbons (Fsp3) is 1.00. The van der Waals surface area contributed by atoms with E-state index in [1.54, 1.807) is 13.8 Å². The standard InChI is InChI=1S/C9H14ClF3/c1-6(2)8(9(11,12)13)5-7(8)3-4-10/h6-7H,3-5H2,1-2H3. The molecule has 1 saturated carbocycles. The van der Waals surface area contributed by atoms with E-state index in [9.17, 15) is 13.2 Å². The summed E-state index contributed by atoms with van der Waals surface area (Å²) in [6, 6.07) is 0. The summed E-state index contributed by atoms with van der Waals surface area (Å²) >= 11 is 5.45. The average Bonchev–Trinajstić information content (AvgIpc) is 2.62. The van der Waals surface area contributed by atoms with Crippen LogP contribution < -0.4 is 0 Å². The Bertz CT molecular complexity index is 188. The van der Waals surface area contributed by atoms with Crippen molar-refractivity contribution in [1.29, 1.82) is 0 Å². The Hall–Kier alpha value is 0.0800. The van der Waals surface area contributed by atoms with Gasteiger partial charge in [-0.05, 0) is 24.7 Å². The predicted molar refractivity (Wildman–Crippen MR) is 46.8 cm³/mol. The SMILES string of the molecule is CC(C)C1(C(F)(F)F)CC1CCCl. The summed E-state index contributed by atoms with van der Waals surface area (Å²) in [5, 5.41) is 0. The van der Waals surface area contributed by atoms with Crippen LogP contribution in [0.2, 0.25) is 0 Å². The molecule has 0 saturated heterocycles. The van der Waals surface area contributed by atoms with E-state index in [1.807, 2.05) is 0 Å². The molecule has 0 aliphatic heterocycles. The summed E-state index contributed by atoms with van der Waals surface area (Å²) in [6.45, 7) is 3.28.